The van der Waals surface area contributed by atoms with Crippen molar-refractivity contribution in [3.8, 4) is 0 Å². The summed E-state index contributed by atoms with van der Waals surface area (Å²) in [6.07, 6.45) is 0. The lowest BCUT2D eigenvalue weighted by molar-refractivity contribution is 0.101. The summed E-state index contributed by atoms with van der Waals surface area (Å²) in [5.41, 5.74) is 0.771. The van der Waals surface area contributed by atoms with Gasteiger partial charge in [-0.1, -0.05) is 22.9 Å². The number of benzene rings is 1. The summed E-state index contributed by atoms with van der Waals surface area (Å²) < 4.78 is 0.894. The van der Waals surface area contributed by atoms with Crippen LogP contribution >= 0.6 is 22.9 Å². The maximum absolute atomic E-state index is 11.7. The minimum atomic E-state index is -0.464. The number of aromatic amines is 1. The number of carbonyl (C=O) groups is 1. The van der Waals surface area contributed by atoms with Crippen LogP contribution in [0, 0.1) is 0 Å². The number of rotatable bonds is 2. The molecule has 0 aliphatic rings. The molecule has 0 saturated heterocycles. The predicted octanol–water partition coefficient (Wildman–Crippen LogP) is 1.72. The third-order valence-electron chi connectivity index (χ3n) is 2.12. The van der Waals surface area contributed by atoms with Crippen molar-refractivity contribution >= 4 is 44.2 Å². The first-order valence-electron chi connectivity index (χ1n) is 4.83. The number of hydrogen-bond acceptors (Lipinski definition) is 6. The molecule has 0 unspecified atom stereocenters. The number of carbonyl (C=O) groups excluding carboxylic acids is 1. The van der Waals surface area contributed by atoms with Crippen molar-refractivity contribution in [2.75, 3.05) is 5.32 Å². The molecule has 90 valence electrons. The molecule has 0 bridgehead atoms. The molecule has 9 heteroatoms. The summed E-state index contributed by atoms with van der Waals surface area (Å²) in [4.78, 5) is 15.9. The smallest absolute Gasteiger partial charge is 0.295 e. The quantitative estimate of drug-likeness (QED) is 0.745. The number of hydrogen-bond donors (Lipinski definition) is 2. The van der Waals surface area contributed by atoms with Gasteiger partial charge >= 0.3 is 0 Å². The molecule has 0 saturated carbocycles. The Hall–Kier alpha value is -2.06. The van der Waals surface area contributed by atoms with Gasteiger partial charge in [0.1, 0.15) is 0 Å². The largest absolute Gasteiger partial charge is 0.299 e. The predicted molar refractivity (Wildman–Crippen MR) is 66.8 cm³/mol. The van der Waals surface area contributed by atoms with E-state index < -0.39 is 5.91 Å². The first-order valence-corrected chi connectivity index (χ1v) is 6.03. The van der Waals surface area contributed by atoms with E-state index in [0.717, 1.165) is 10.2 Å². The number of nitrogens with zero attached hydrogens (tertiary/aromatic N) is 4. The number of fused-ring (bicyclic) bond motifs is 1. The Morgan fingerprint density at radius 3 is 3.11 bits per heavy atom. The molecule has 0 fully saturated rings. The molecule has 0 radical (unpaired) electrons. The second-order valence-electron chi connectivity index (χ2n) is 3.32. The van der Waals surface area contributed by atoms with Crippen LogP contribution in [0.15, 0.2) is 18.2 Å². The van der Waals surface area contributed by atoms with Gasteiger partial charge in [0.25, 0.3) is 11.7 Å². The molecule has 3 aromatic rings. The van der Waals surface area contributed by atoms with Crippen molar-refractivity contribution in [2.45, 2.75) is 0 Å². The Morgan fingerprint density at radius 2 is 2.33 bits per heavy atom. The molecule has 0 aliphatic carbocycles. The van der Waals surface area contributed by atoms with Gasteiger partial charge in [0.2, 0.25) is 0 Å². The lowest BCUT2D eigenvalue weighted by Gasteiger charge is -1.94. The van der Waals surface area contributed by atoms with E-state index in [1.54, 1.807) is 18.2 Å². The fourth-order valence-corrected chi connectivity index (χ4v) is 2.50. The summed E-state index contributed by atoms with van der Waals surface area (Å²) in [5, 5.41) is 16.3. The number of tetrazole rings is 1. The molecule has 3 rings (SSSR count). The van der Waals surface area contributed by atoms with Gasteiger partial charge in [-0.15, -0.1) is 10.2 Å². The van der Waals surface area contributed by atoms with Gasteiger partial charge in [-0.2, -0.15) is 5.21 Å². The summed E-state index contributed by atoms with van der Waals surface area (Å²) in [6.45, 7) is 0. The topological polar surface area (TPSA) is 96.5 Å². The molecule has 18 heavy (non-hydrogen) atoms. The van der Waals surface area contributed by atoms with E-state index in [1.807, 2.05) is 0 Å². The minimum Gasteiger partial charge on any atom is -0.295 e. The molecule has 2 N–H and O–H groups in total. The maximum Gasteiger partial charge on any atom is 0.299 e. The van der Waals surface area contributed by atoms with Crippen LogP contribution in [-0.2, 0) is 0 Å². The second-order valence-corrected chi connectivity index (χ2v) is 4.79. The molecule has 1 amide bonds. The molecule has 1 aromatic carbocycles. The molecule has 0 aliphatic heterocycles. The molecule has 2 heterocycles. The maximum atomic E-state index is 11.7. The van der Waals surface area contributed by atoms with Crippen molar-refractivity contribution in [3.05, 3.63) is 29.0 Å². The van der Waals surface area contributed by atoms with Crippen LogP contribution in [0.5, 0.6) is 0 Å². The normalized spacial score (nSPS) is 10.7. The number of thiazole rings is 1. The zero-order chi connectivity index (χ0) is 12.5. The fourth-order valence-electron chi connectivity index (χ4n) is 1.36. The van der Waals surface area contributed by atoms with Gasteiger partial charge < -0.3 is 0 Å². The van der Waals surface area contributed by atoms with Crippen molar-refractivity contribution in [1.82, 2.24) is 25.6 Å². The molecular formula is C9H5ClN6OS. The Bertz CT molecular complexity index is 709. The zero-order valence-corrected chi connectivity index (χ0v) is 10.3. The third kappa shape index (κ3) is 2.03. The Kier molecular flexibility index (Phi) is 2.65. The monoisotopic (exact) mass is 280 g/mol. The number of H-pyrrole nitrogens is 1. The lowest BCUT2D eigenvalue weighted by Crippen LogP contribution is -2.13. The van der Waals surface area contributed by atoms with E-state index in [9.17, 15) is 4.79 Å². The van der Waals surface area contributed by atoms with Gasteiger partial charge in [-0.3, -0.25) is 10.1 Å². The second kappa shape index (κ2) is 4.31. The highest BCUT2D eigenvalue weighted by molar-refractivity contribution is 7.22. The summed E-state index contributed by atoms with van der Waals surface area (Å²) in [5.74, 6) is -0.499. The summed E-state index contributed by atoms with van der Waals surface area (Å²) in [6, 6.07) is 5.32. The van der Waals surface area contributed by atoms with Gasteiger partial charge in [-0.25, -0.2) is 4.98 Å². The van der Waals surface area contributed by atoms with Crippen LogP contribution in [-0.4, -0.2) is 31.5 Å². The molecule has 0 atom stereocenters. The van der Waals surface area contributed by atoms with E-state index >= 15 is 0 Å². The molecule has 0 spiro atoms. The van der Waals surface area contributed by atoms with Gasteiger partial charge in [-0.05, 0) is 23.4 Å². The van der Waals surface area contributed by atoms with E-state index in [4.69, 9.17) is 11.6 Å². The molecule has 7 nitrogen and oxygen atoms in total. The van der Waals surface area contributed by atoms with Crippen LogP contribution in [0.2, 0.25) is 5.02 Å². The van der Waals surface area contributed by atoms with Crippen LogP contribution < -0.4 is 5.32 Å². The first kappa shape index (κ1) is 11.1. The van der Waals surface area contributed by atoms with Gasteiger partial charge in [0.15, 0.2) is 5.13 Å². The number of amides is 1. The average Bonchev–Trinajstić information content (AvgIpc) is 2.95. The molecular weight excluding hydrogens is 276 g/mol. The van der Waals surface area contributed by atoms with E-state index in [1.165, 1.54) is 11.3 Å². The average molecular weight is 281 g/mol. The van der Waals surface area contributed by atoms with E-state index in [-0.39, 0.29) is 5.82 Å². The first-order chi connectivity index (χ1) is 8.72. The standard InChI is InChI=1S/C9H5ClN6OS/c10-4-1-2-5-6(3-4)18-9(11-5)12-8(17)7-13-15-16-14-7/h1-3H,(H,11,12,17)(H,13,14,15,16). The zero-order valence-electron chi connectivity index (χ0n) is 8.72. The number of anilines is 1. The number of aromatic nitrogens is 5. The molecule has 2 aromatic heterocycles. The van der Waals surface area contributed by atoms with E-state index in [0.29, 0.717) is 10.2 Å². The third-order valence-corrected chi connectivity index (χ3v) is 3.29. The van der Waals surface area contributed by atoms with Crippen molar-refractivity contribution in [3.63, 3.8) is 0 Å². The van der Waals surface area contributed by atoms with Crippen LogP contribution in [0.1, 0.15) is 10.6 Å². The Morgan fingerprint density at radius 1 is 1.44 bits per heavy atom. The Labute approximate surface area is 109 Å². The van der Waals surface area contributed by atoms with Crippen LogP contribution in [0.3, 0.4) is 0 Å². The van der Waals surface area contributed by atoms with Gasteiger partial charge in [0, 0.05) is 5.02 Å². The SMILES string of the molecule is O=C(Nc1nc2ccc(Cl)cc2s1)c1nn[nH]n1. The fraction of sp³-hybridized carbons (Fsp3) is 0. The van der Waals surface area contributed by atoms with Crippen molar-refractivity contribution < 1.29 is 4.79 Å². The van der Waals surface area contributed by atoms with Gasteiger partial charge in [0.05, 0.1) is 10.2 Å². The Balaban J connectivity index is 1.89. The highest BCUT2D eigenvalue weighted by atomic mass is 35.5. The summed E-state index contributed by atoms with van der Waals surface area (Å²) >= 11 is 7.20. The lowest BCUT2D eigenvalue weighted by atomic mass is 10.3. The highest BCUT2D eigenvalue weighted by Crippen LogP contribution is 2.28. The highest BCUT2D eigenvalue weighted by Gasteiger charge is 2.13. The number of nitrogens with one attached hydrogen (secondary N) is 2. The van der Waals surface area contributed by atoms with E-state index in [2.05, 4.69) is 30.9 Å². The van der Waals surface area contributed by atoms with Crippen LogP contribution in [0.4, 0.5) is 5.13 Å². The number of halogens is 1. The van der Waals surface area contributed by atoms with Crippen molar-refractivity contribution in [2.24, 2.45) is 0 Å². The van der Waals surface area contributed by atoms with Crippen molar-refractivity contribution in [1.29, 1.82) is 0 Å². The minimum absolute atomic E-state index is 0.0349. The van der Waals surface area contributed by atoms with Crippen LogP contribution in [0.25, 0.3) is 10.2 Å². The summed E-state index contributed by atoms with van der Waals surface area (Å²) in [7, 11) is 0.